The molecule has 0 bridgehead atoms. The van der Waals surface area contributed by atoms with E-state index in [0.29, 0.717) is 25.3 Å². The van der Waals surface area contributed by atoms with Crippen LogP contribution in [0.25, 0.3) is 0 Å². The molecule has 1 amide bonds. The highest BCUT2D eigenvalue weighted by atomic mass is 16.5. The van der Waals surface area contributed by atoms with Crippen molar-refractivity contribution in [3.05, 3.63) is 29.8 Å². The highest BCUT2D eigenvalue weighted by molar-refractivity contribution is 5.94. The monoisotopic (exact) mass is 264 g/mol. The van der Waals surface area contributed by atoms with Gasteiger partial charge in [-0.25, -0.2) is 0 Å². The van der Waals surface area contributed by atoms with Crippen molar-refractivity contribution >= 4 is 5.91 Å². The first-order valence-corrected chi connectivity index (χ1v) is 6.43. The van der Waals surface area contributed by atoms with E-state index in [1.165, 1.54) is 0 Å². The lowest BCUT2D eigenvalue weighted by Crippen LogP contribution is -2.52. The molecule has 1 N–H and O–H groups in total. The predicted octanol–water partition coefficient (Wildman–Crippen LogP) is 0.756. The molecule has 0 aromatic heterocycles. The van der Waals surface area contributed by atoms with Crippen molar-refractivity contribution in [2.45, 2.75) is 6.04 Å². The van der Waals surface area contributed by atoms with Crippen molar-refractivity contribution in [3.8, 4) is 5.75 Å². The van der Waals surface area contributed by atoms with Gasteiger partial charge in [0.15, 0.2) is 0 Å². The standard InChI is InChI=1S/C14H20N2O3/c1-15-9-12-10-19-8-7-16(12)14(17)11-3-5-13(18-2)6-4-11/h3-6,12,15H,7-10H2,1-2H3. The molecular weight excluding hydrogens is 244 g/mol. The molecule has 1 aromatic carbocycles. The fourth-order valence-corrected chi connectivity index (χ4v) is 2.23. The van der Waals surface area contributed by atoms with Gasteiger partial charge in [0.2, 0.25) is 0 Å². The summed E-state index contributed by atoms with van der Waals surface area (Å²) < 4.78 is 10.5. The van der Waals surface area contributed by atoms with E-state index in [2.05, 4.69) is 5.32 Å². The first kappa shape index (κ1) is 13.8. The molecular formula is C14H20N2O3. The lowest BCUT2D eigenvalue weighted by molar-refractivity contribution is -0.000976. The summed E-state index contributed by atoms with van der Waals surface area (Å²) in [4.78, 5) is 14.4. The summed E-state index contributed by atoms with van der Waals surface area (Å²) in [5.74, 6) is 0.802. The molecule has 5 nitrogen and oxygen atoms in total. The molecule has 1 unspecified atom stereocenters. The van der Waals surface area contributed by atoms with E-state index in [0.717, 1.165) is 12.3 Å². The second kappa shape index (κ2) is 6.54. The Morgan fingerprint density at radius 2 is 2.21 bits per heavy atom. The quantitative estimate of drug-likeness (QED) is 0.872. The predicted molar refractivity (Wildman–Crippen MR) is 72.6 cm³/mol. The van der Waals surface area contributed by atoms with Gasteiger partial charge in [0, 0.05) is 18.7 Å². The Hall–Kier alpha value is -1.59. The number of ether oxygens (including phenoxy) is 2. The Labute approximate surface area is 113 Å². The summed E-state index contributed by atoms with van der Waals surface area (Å²) in [6.07, 6.45) is 0. The van der Waals surface area contributed by atoms with E-state index in [4.69, 9.17) is 9.47 Å². The number of rotatable bonds is 4. The summed E-state index contributed by atoms with van der Waals surface area (Å²) >= 11 is 0. The first-order valence-electron chi connectivity index (χ1n) is 6.43. The van der Waals surface area contributed by atoms with Gasteiger partial charge in [-0.15, -0.1) is 0 Å². The maximum Gasteiger partial charge on any atom is 0.254 e. The highest BCUT2D eigenvalue weighted by Crippen LogP contribution is 2.16. The van der Waals surface area contributed by atoms with E-state index < -0.39 is 0 Å². The Kier molecular flexibility index (Phi) is 4.76. The molecule has 1 atom stereocenters. The Balaban J connectivity index is 2.11. The number of hydrogen-bond acceptors (Lipinski definition) is 4. The average Bonchev–Trinajstić information content (AvgIpc) is 2.47. The van der Waals surface area contributed by atoms with Gasteiger partial charge >= 0.3 is 0 Å². The van der Waals surface area contributed by atoms with Gasteiger partial charge in [0.1, 0.15) is 5.75 Å². The van der Waals surface area contributed by atoms with Crippen LogP contribution in [0.1, 0.15) is 10.4 Å². The number of carbonyl (C=O) groups excluding carboxylic acids is 1. The zero-order chi connectivity index (χ0) is 13.7. The zero-order valence-electron chi connectivity index (χ0n) is 11.4. The molecule has 0 radical (unpaired) electrons. The van der Waals surface area contributed by atoms with Crippen LogP contribution in [0.15, 0.2) is 24.3 Å². The molecule has 1 saturated heterocycles. The van der Waals surface area contributed by atoms with Gasteiger partial charge in [-0.1, -0.05) is 0 Å². The molecule has 5 heteroatoms. The van der Waals surface area contributed by atoms with E-state index in [9.17, 15) is 4.79 Å². The van der Waals surface area contributed by atoms with Gasteiger partial charge in [-0.2, -0.15) is 0 Å². The number of carbonyl (C=O) groups is 1. The van der Waals surface area contributed by atoms with Gasteiger partial charge < -0.3 is 19.7 Å². The van der Waals surface area contributed by atoms with Gasteiger partial charge in [-0.3, -0.25) is 4.79 Å². The van der Waals surface area contributed by atoms with Crippen molar-refractivity contribution in [2.24, 2.45) is 0 Å². The lowest BCUT2D eigenvalue weighted by Gasteiger charge is -2.35. The molecule has 1 heterocycles. The zero-order valence-corrected chi connectivity index (χ0v) is 11.4. The van der Waals surface area contributed by atoms with E-state index in [-0.39, 0.29) is 11.9 Å². The number of nitrogens with zero attached hydrogens (tertiary/aromatic N) is 1. The number of likely N-dealkylation sites (N-methyl/N-ethyl adjacent to an activating group) is 1. The Bertz CT molecular complexity index is 417. The number of morpholine rings is 1. The SMILES string of the molecule is CNCC1COCCN1C(=O)c1ccc(OC)cc1. The van der Waals surface area contributed by atoms with Crippen LogP contribution in [0.2, 0.25) is 0 Å². The van der Waals surface area contributed by atoms with Crippen molar-refractivity contribution in [2.75, 3.05) is 40.5 Å². The largest absolute Gasteiger partial charge is 0.497 e. The molecule has 0 saturated carbocycles. The minimum absolute atomic E-state index is 0.0474. The van der Waals surface area contributed by atoms with Crippen LogP contribution in [0, 0.1) is 0 Å². The highest BCUT2D eigenvalue weighted by Gasteiger charge is 2.27. The molecule has 1 aliphatic heterocycles. The smallest absolute Gasteiger partial charge is 0.254 e. The second-order valence-electron chi connectivity index (χ2n) is 4.51. The van der Waals surface area contributed by atoms with Crippen LogP contribution in [0.5, 0.6) is 5.75 Å². The first-order chi connectivity index (χ1) is 9.26. The van der Waals surface area contributed by atoms with Crippen LogP contribution >= 0.6 is 0 Å². The third-order valence-electron chi connectivity index (χ3n) is 3.27. The fraction of sp³-hybridized carbons (Fsp3) is 0.500. The van der Waals surface area contributed by atoms with Gasteiger partial charge in [0.25, 0.3) is 5.91 Å². The van der Waals surface area contributed by atoms with Crippen molar-refractivity contribution in [1.82, 2.24) is 10.2 Å². The normalized spacial score (nSPS) is 19.3. The third kappa shape index (κ3) is 3.24. The third-order valence-corrected chi connectivity index (χ3v) is 3.27. The average molecular weight is 264 g/mol. The number of hydrogen-bond donors (Lipinski definition) is 1. The lowest BCUT2D eigenvalue weighted by atomic mass is 10.1. The Morgan fingerprint density at radius 3 is 2.84 bits per heavy atom. The fourth-order valence-electron chi connectivity index (χ4n) is 2.23. The van der Waals surface area contributed by atoms with Crippen molar-refractivity contribution < 1.29 is 14.3 Å². The minimum atomic E-state index is 0.0474. The molecule has 2 rings (SSSR count). The molecule has 104 valence electrons. The maximum absolute atomic E-state index is 12.5. The Morgan fingerprint density at radius 1 is 1.47 bits per heavy atom. The topological polar surface area (TPSA) is 50.8 Å². The van der Waals surface area contributed by atoms with E-state index in [1.807, 2.05) is 11.9 Å². The summed E-state index contributed by atoms with van der Waals surface area (Å²) in [6, 6.07) is 7.30. The number of benzene rings is 1. The summed E-state index contributed by atoms with van der Waals surface area (Å²) in [7, 11) is 3.49. The minimum Gasteiger partial charge on any atom is -0.497 e. The molecule has 0 aliphatic carbocycles. The van der Waals surface area contributed by atoms with Crippen LogP contribution in [-0.2, 0) is 4.74 Å². The maximum atomic E-state index is 12.5. The summed E-state index contributed by atoms with van der Waals surface area (Å²) in [6.45, 7) is 2.56. The van der Waals surface area contributed by atoms with Crippen molar-refractivity contribution in [3.63, 3.8) is 0 Å². The molecule has 0 spiro atoms. The molecule has 1 fully saturated rings. The van der Waals surface area contributed by atoms with Crippen LogP contribution in [0.4, 0.5) is 0 Å². The van der Waals surface area contributed by atoms with E-state index in [1.54, 1.807) is 31.4 Å². The number of nitrogens with one attached hydrogen (secondary N) is 1. The van der Waals surface area contributed by atoms with Gasteiger partial charge in [-0.05, 0) is 31.3 Å². The molecule has 1 aliphatic rings. The van der Waals surface area contributed by atoms with Crippen LogP contribution in [-0.4, -0.2) is 57.3 Å². The molecule has 1 aromatic rings. The summed E-state index contributed by atoms with van der Waals surface area (Å²) in [5.41, 5.74) is 0.684. The second-order valence-corrected chi connectivity index (χ2v) is 4.51. The van der Waals surface area contributed by atoms with Crippen LogP contribution < -0.4 is 10.1 Å². The summed E-state index contributed by atoms with van der Waals surface area (Å²) in [5, 5.41) is 3.10. The number of methoxy groups -OCH3 is 1. The van der Waals surface area contributed by atoms with Gasteiger partial charge in [0.05, 0.1) is 26.4 Å². The number of amides is 1. The van der Waals surface area contributed by atoms with Crippen molar-refractivity contribution in [1.29, 1.82) is 0 Å². The molecule has 19 heavy (non-hydrogen) atoms. The van der Waals surface area contributed by atoms with Crippen LogP contribution in [0.3, 0.4) is 0 Å². The van der Waals surface area contributed by atoms with E-state index >= 15 is 0 Å².